The topological polar surface area (TPSA) is 104 Å². The second-order valence-electron chi connectivity index (χ2n) is 8.79. The highest BCUT2D eigenvalue weighted by Crippen LogP contribution is 2.30. The summed E-state index contributed by atoms with van der Waals surface area (Å²) in [5.74, 6) is -2.47. The number of hydrogen-bond donors (Lipinski definition) is 0. The lowest BCUT2D eigenvalue weighted by molar-refractivity contribution is -0.133. The van der Waals surface area contributed by atoms with Gasteiger partial charge in [-0.05, 0) is 31.2 Å². The highest BCUT2D eigenvalue weighted by Gasteiger charge is 2.38. The van der Waals surface area contributed by atoms with Crippen LogP contribution in [-0.2, 0) is 29.5 Å². The predicted octanol–water partition coefficient (Wildman–Crippen LogP) is 2.49. The highest BCUT2D eigenvalue weighted by molar-refractivity contribution is 6.24. The van der Waals surface area contributed by atoms with Crippen LogP contribution in [0.1, 0.15) is 53.3 Å². The van der Waals surface area contributed by atoms with Crippen LogP contribution in [0, 0.1) is 5.92 Å². The maximum atomic E-state index is 13.7. The first-order chi connectivity index (χ1) is 15.9. The summed E-state index contributed by atoms with van der Waals surface area (Å²) < 4.78 is 3.35. The first-order valence-electron chi connectivity index (χ1n) is 11.2. The van der Waals surface area contributed by atoms with Gasteiger partial charge in [-0.1, -0.05) is 30.3 Å². The number of carbonyl (C=O) groups excluding carboxylic acids is 3. The van der Waals surface area contributed by atoms with Crippen LogP contribution >= 0.6 is 0 Å². The number of aromatic nitrogens is 4. The van der Waals surface area contributed by atoms with Crippen LogP contribution in [0.25, 0.3) is 11.4 Å². The van der Waals surface area contributed by atoms with Crippen molar-refractivity contribution in [2.45, 2.75) is 44.6 Å². The molecule has 0 N–H and O–H groups in total. The first kappa shape index (κ1) is 21.2. The van der Waals surface area contributed by atoms with Crippen LogP contribution in [0.2, 0.25) is 0 Å². The number of nitrogens with zero attached hydrogens (tertiary/aromatic N) is 4. The van der Waals surface area contributed by atoms with Gasteiger partial charge in [0.05, 0.1) is 5.69 Å². The molecule has 0 spiro atoms. The van der Waals surface area contributed by atoms with E-state index in [-0.39, 0.29) is 24.4 Å². The summed E-state index contributed by atoms with van der Waals surface area (Å²) in [6.07, 6.45) is 5.96. The van der Waals surface area contributed by atoms with E-state index in [4.69, 9.17) is 0 Å². The minimum absolute atomic E-state index is 0.179. The van der Waals surface area contributed by atoms with Crippen molar-refractivity contribution in [1.29, 1.82) is 0 Å². The third kappa shape index (κ3) is 3.75. The van der Waals surface area contributed by atoms with Gasteiger partial charge in [-0.3, -0.25) is 28.4 Å². The van der Waals surface area contributed by atoms with Crippen LogP contribution in [0.4, 0.5) is 0 Å². The van der Waals surface area contributed by atoms with Gasteiger partial charge < -0.3 is 0 Å². The van der Waals surface area contributed by atoms with E-state index < -0.39 is 28.8 Å². The standard InChI is InChI=1S/C25H24N4O4/c1-28-14-16-12-17(10-11-19(16)27-28)29-24(15-6-3-2-4-7-15)26-13-18(25(29)33)23(32)22-20(30)8-5-9-21(22)31/h2-4,6-7,13-14,17,22H,5,8-12H2,1H3. The molecule has 168 valence electrons. The summed E-state index contributed by atoms with van der Waals surface area (Å²) in [7, 11) is 1.87. The van der Waals surface area contributed by atoms with Gasteiger partial charge in [0.2, 0.25) is 0 Å². The average molecular weight is 444 g/mol. The van der Waals surface area contributed by atoms with Gasteiger partial charge in [0.25, 0.3) is 5.56 Å². The second kappa shape index (κ2) is 8.35. The van der Waals surface area contributed by atoms with Crippen molar-refractivity contribution in [1.82, 2.24) is 19.3 Å². The quantitative estimate of drug-likeness (QED) is 0.452. The van der Waals surface area contributed by atoms with Crippen LogP contribution < -0.4 is 5.56 Å². The zero-order valence-corrected chi connectivity index (χ0v) is 18.4. The van der Waals surface area contributed by atoms with Crippen molar-refractivity contribution >= 4 is 17.3 Å². The highest BCUT2D eigenvalue weighted by atomic mass is 16.2. The smallest absolute Gasteiger partial charge is 0.264 e. The molecule has 0 saturated heterocycles. The van der Waals surface area contributed by atoms with Crippen molar-refractivity contribution < 1.29 is 14.4 Å². The van der Waals surface area contributed by atoms with E-state index in [1.807, 2.05) is 43.6 Å². The number of rotatable bonds is 4. The van der Waals surface area contributed by atoms with Crippen LogP contribution in [0.5, 0.6) is 0 Å². The molecular weight excluding hydrogens is 420 g/mol. The fourth-order valence-electron chi connectivity index (χ4n) is 4.97. The molecule has 2 aromatic heterocycles. The van der Waals surface area contributed by atoms with Gasteiger partial charge in [-0.2, -0.15) is 5.10 Å². The first-order valence-corrected chi connectivity index (χ1v) is 11.2. The third-order valence-corrected chi connectivity index (χ3v) is 6.57. The summed E-state index contributed by atoms with van der Waals surface area (Å²) in [5.41, 5.74) is 2.14. The number of Topliss-reactive ketones (excluding diaryl/α,β-unsaturated/α-hetero) is 3. The Bertz CT molecular complexity index is 1310. The number of carbonyl (C=O) groups is 3. The van der Waals surface area contributed by atoms with Gasteiger partial charge in [0.1, 0.15) is 17.3 Å². The number of ketones is 3. The van der Waals surface area contributed by atoms with E-state index in [1.165, 1.54) is 6.20 Å². The Kier molecular flexibility index (Phi) is 5.36. The lowest BCUT2D eigenvalue weighted by Crippen LogP contribution is -2.40. The fourth-order valence-corrected chi connectivity index (χ4v) is 4.97. The van der Waals surface area contributed by atoms with Crippen LogP contribution in [0.15, 0.2) is 47.5 Å². The van der Waals surface area contributed by atoms with Crippen LogP contribution in [-0.4, -0.2) is 36.7 Å². The molecule has 5 rings (SSSR count). The monoisotopic (exact) mass is 444 g/mol. The van der Waals surface area contributed by atoms with Gasteiger partial charge in [0.15, 0.2) is 17.3 Å². The largest absolute Gasteiger partial charge is 0.298 e. The molecular formula is C25H24N4O4. The molecule has 0 radical (unpaired) electrons. The van der Waals surface area contributed by atoms with Gasteiger partial charge in [-0.15, -0.1) is 0 Å². The maximum Gasteiger partial charge on any atom is 0.264 e. The molecule has 2 heterocycles. The molecule has 2 aliphatic rings. The summed E-state index contributed by atoms with van der Waals surface area (Å²) in [4.78, 5) is 56.2. The zero-order chi connectivity index (χ0) is 23.1. The molecule has 1 aromatic carbocycles. The SMILES string of the molecule is Cn1cc2c(n1)CCC(n1c(-c3ccccc3)ncc(C(=O)C3C(=O)CCCC3=O)c1=O)C2. The molecule has 8 nitrogen and oxygen atoms in total. The Labute approximate surface area is 190 Å². The van der Waals surface area contributed by atoms with Crippen molar-refractivity contribution in [2.75, 3.05) is 0 Å². The molecule has 3 aromatic rings. The number of aryl methyl sites for hydroxylation is 2. The molecule has 0 bridgehead atoms. The van der Waals surface area contributed by atoms with Crippen LogP contribution in [0.3, 0.4) is 0 Å². The summed E-state index contributed by atoms with van der Waals surface area (Å²) in [6, 6.07) is 9.13. The summed E-state index contributed by atoms with van der Waals surface area (Å²) in [6.45, 7) is 0. The normalized spacial score (nSPS) is 18.9. The van der Waals surface area contributed by atoms with E-state index in [0.29, 0.717) is 31.5 Å². The molecule has 2 aliphatic carbocycles. The molecule has 0 aliphatic heterocycles. The maximum absolute atomic E-state index is 13.7. The zero-order valence-electron chi connectivity index (χ0n) is 18.4. The van der Waals surface area contributed by atoms with E-state index in [2.05, 4.69) is 10.1 Å². The van der Waals surface area contributed by atoms with Crippen molar-refractivity contribution in [3.63, 3.8) is 0 Å². The Morgan fingerprint density at radius 3 is 2.48 bits per heavy atom. The van der Waals surface area contributed by atoms with Crippen molar-refractivity contribution in [2.24, 2.45) is 13.0 Å². The lowest BCUT2D eigenvalue weighted by Gasteiger charge is -2.26. The molecule has 1 fully saturated rings. The average Bonchev–Trinajstić information content (AvgIpc) is 3.18. The lowest BCUT2D eigenvalue weighted by atomic mass is 9.82. The molecule has 33 heavy (non-hydrogen) atoms. The Hall–Kier alpha value is -3.68. The number of benzene rings is 1. The van der Waals surface area contributed by atoms with E-state index in [9.17, 15) is 19.2 Å². The van der Waals surface area contributed by atoms with Crippen molar-refractivity contribution in [3.8, 4) is 11.4 Å². The van der Waals surface area contributed by atoms with E-state index >= 15 is 0 Å². The minimum atomic E-state index is -1.39. The number of hydrogen-bond acceptors (Lipinski definition) is 6. The third-order valence-electron chi connectivity index (χ3n) is 6.57. The number of fused-ring (bicyclic) bond motifs is 1. The summed E-state index contributed by atoms with van der Waals surface area (Å²) >= 11 is 0. The van der Waals surface area contributed by atoms with E-state index in [0.717, 1.165) is 16.8 Å². The molecule has 8 heteroatoms. The second-order valence-corrected chi connectivity index (χ2v) is 8.79. The fraction of sp³-hybridized carbons (Fsp3) is 0.360. The van der Waals surface area contributed by atoms with Gasteiger partial charge >= 0.3 is 0 Å². The van der Waals surface area contributed by atoms with E-state index in [1.54, 1.807) is 9.25 Å². The minimum Gasteiger partial charge on any atom is -0.298 e. The molecule has 1 saturated carbocycles. The Morgan fingerprint density at radius 1 is 1.03 bits per heavy atom. The van der Waals surface area contributed by atoms with Crippen molar-refractivity contribution in [3.05, 3.63) is 69.9 Å². The van der Waals surface area contributed by atoms with Gasteiger partial charge in [-0.25, -0.2) is 4.98 Å². The molecule has 0 amide bonds. The Morgan fingerprint density at radius 2 is 1.76 bits per heavy atom. The Balaban J connectivity index is 1.62. The van der Waals surface area contributed by atoms with Gasteiger partial charge in [0, 0.05) is 43.9 Å². The predicted molar refractivity (Wildman–Crippen MR) is 120 cm³/mol. The molecule has 1 atom stereocenters. The summed E-state index contributed by atoms with van der Waals surface area (Å²) in [5, 5.41) is 4.49. The molecule has 1 unspecified atom stereocenters.